The average molecular weight is 239 g/mol. The summed E-state index contributed by atoms with van der Waals surface area (Å²) in [6, 6.07) is 2.15. The van der Waals surface area contributed by atoms with Crippen LogP contribution in [0.15, 0.2) is 17.3 Å². The van der Waals surface area contributed by atoms with Gasteiger partial charge in [-0.3, -0.25) is 9.67 Å². The number of aromatic nitrogens is 2. The quantitative estimate of drug-likeness (QED) is 0.537. The Morgan fingerprint density at radius 2 is 2.47 bits per heavy atom. The molecule has 1 atom stereocenters. The third-order valence-corrected chi connectivity index (χ3v) is 2.38. The maximum Gasteiger partial charge on any atom is 0.188 e. The van der Waals surface area contributed by atoms with Crippen LogP contribution in [0.1, 0.15) is 12.6 Å². The number of ether oxygens (including phenoxy) is 1. The lowest BCUT2D eigenvalue weighted by atomic mass is 10.3. The first-order valence-electron chi connectivity index (χ1n) is 5.65. The summed E-state index contributed by atoms with van der Waals surface area (Å²) in [5.74, 6) is 0.455. The van der Waals surface area contributed by atoms with E-state index in [4.69, 9.17) is 10.5 Å². The molecule has 3 N–H and O–H groups in total. The van der Waals surface area contributed by atoms with Crippen LogP contribution in [-0.4, -0.2) is 42.0 Å². The Labute approximate surface area is 102 Å². The summed E-state index contributed by atoms with van der Waals surface area (Å²) in [5.41, 5.74) is 6.89. The largest absolute Gasteiger partial charge is 0.383 e. The number of aliphatic imine (C=N–C) groups is 1. The maximum absolute atomic E-state index is 5.74. The van der Waals surface area contributed by atoms with Crippen molar-refractivity contribution in [3.63, 3.8) is 0 Å². The zero-order chi connectivity index (χ0) is 12.7. The highest BCUT2D eigenvalue weighted by molar-refractivity contribution is 5.78. The summed E-state index contributed by atoms with van der Waals surface area (Å²) in [6.07, 6.45) is 2.61. The molecule has 0 aliphatic heterocycles. The highest BCUT2D eigenvalue weighted by Gasteiger charge is 2.01. The summed E-state index contributed by atoms with van der Waals surface area (Å²) in [6.45, 7) is 3.25. The third kappa shape index (κ3) is 4.86. The van der Waals surface area contributed by atoms with Gasteiger partial charge in [-0.25, -0.2) is 0 Å². The van der Waals surface area contributed by atoms with E-state index in [-0.39, 0.29) is 6.04 Å². The first-order chi connectivity index (χ1) is 8.13. The van der Waals surface area contributed by atoms with Gasteiger partial charge in [-0.15, -0.1) is 0 Å². The molecule has 17 heavy (non-hydrogen) atoms. The molecule has 0 spiro atoms. The molecule has 0 aliphatic carbocycles. The highest BCUT2D eigenvalue weighted by atomic mass is 16.5. The van der Waals surface area contributed by atoms with Crippen molar-refractivity contribution in [3.05, 3.63) is 18.0 Å². The fourth-order valence-electron chi connectivity index (χ4n) is 1.53. The van der Waals surface area contributed by atoms with Crippen LogP contribution >= 0.6 is 0 Å². The predicted octanol–water partition coefficient (Wildman–Crippen LogP) is -0.0982. The zero-order valence-electron chi connectivity index (χ0n) is 10.7. The Morgan fingerprint density at radius 1 is 1.71 bits per heavy atom. The smallest absolute Gasteiger partial charge is 0.188 e. The van der Waals surface area contributed by atoms with Crippen LogP contribution < -0.4 is 11.1 Å². The summed E-state index contributed by atoms with van der Waals surface area (Å²) >= 11 is 0. The van der Waals surface area contributed by atoms with E-state index in [2.05, 4.69) is 15.4 Å². The summed E-state index contributed by atoms with van der Waals surface area (Å²) in [7, 11) is 3.58. The number of aryl methyl sites for hydroxylation is 1. The van der Waals surface area contributed by atoms with Crippen molar-refractivity contribution in [3.8, 4) is 0 Å². The number of nitrogens with two attached hydrogens (primary N) is 1. The minimum absolute atomic E-state index is 0.167. The molecule has 0 amide bonds. The second kappa shape index (κ2) is 6.90. The molecule has 6 heteroatoms. The van der Waals surface area contributed by atoms with Crippen molar-refractivity contribution in [2.45, 2.75) is 19.4 Å². The van der Waals surface area contributed by atoms with Gasteiger partial charge in [0.2, 0.25) is 0 Å². The molecular formula is C11H21N5O. The summed E-state index contributed by atoms with van der Waals surface area (Å²) in [5, 5.41) is 7.15. The summed E-state index contributed by atoms with van der Waals surface area (Å²) < 4.78 is 6.84. The van der Waals surface area contributed by atoms with Crippen LogP contribution in [0.2, 0.25) is 0 Å². The van der Waals surface area contributed by atoms with Crippen molar-refractivity contribution in [1.82, 2.24) is 15.1 Å². The van der Waals surface area contributed by atoms with Crippen molar-refractivity contribution < 1.29 is 4.74 Å². The van der Waals surface area contributed by atoms with Crippen molar-refractivity contribution in [2.24, 2.45) is 17.8 Å². The van der Waals surface area contributed by atoms with Gasteiger partial charge in [0, 0.05) is 45.1 Å². The molecule has 1 aromatic heterocycles. The van der Waals surface area contributed by atoms with Crippen LogP contribution in [0.3, 0.4) is 0 Å². The normalized spacial score (nSPS) is 13.7. The minimum Gasteiger partial charge on any atom is -0.383 e. The Kier molecular flexibility index (Phi) is 5.48. The first-order valence-corrected chi connectivity index (χ1v) is 5.65. The molecule has 1 heterocycles. The fourth-order valence-corrected chi connectivity index (χ4v) is 1.53. The van der Waals surface area contributed by atoms with E-state index in [0.29, 0.717) is 19.1 Å². The molecule has 1 aromatic rings. The van der Waals surface area contributed by atoms with Crippen LogP contribution in [0.5, 0.6) is 0 Å². The van der Waals surface area contributed by atoms with Gasteiger partial charge in [0.1, 0.15) is 0 Å². The van der Waals surface area contributed by atoms with Crippen molar-refractivity contribution in [2.75, 3.05) is 20.3 Å². The van der Waals surface area contributed by atoms with Gasteiger partial charge < -0.3 is 15.8 Å². The lowest BCUT2D eigenvalue weighted by Crippen LogP contribution is -2.40. The van der Waals surface area contributed by atoms with E-state index in [9.17, 15) is 0 Å². The maximum atomic E-state index is 5.74. The number of nitrogens with one attached hydrogen (secondary N) is 1. The molecule has 1 unspecified atom stereocenters. The second-order valence-electron chi connectivity index (χ2n) is 3.96. The molecule has 0 fully saturated rings. The Bertz CT molecular complexity index is 360. The zero-order valence-corrected chi connectivity index (χ0v) is 10.7. The molecule has 0 radical (unpaired) electrons. The first kappa shape index (κ1) is 13.5. The van der Waals surface area contributed by atoms with Gasteiger partial charge in [-0.05, 0) is 13.0 Å². The highest BCUT2D eigenvalue weighted by Crippen LogP contribution is 1.97. The number of rotatable bonds is 6. The van der Waals surface area contributed by atoms with Crippen LogP contribution in [0, 0.1) is 0 Å². The molecule has 0 aromatic carbocycles. The molecule has 0 aliphatic rings. The Morgan fingerprint density at radius 3 is 3.06 bits per heavy atom. The van der Waals surface area contributed by atoms with E-state index in [1.54, 1.807) is 13.3 Å². The van der Waals surface area contributed by atoms with Crippen LogP contribution in [-0.2, 0) is 18.2 Å². The van der Waals surface area contributed by atoms with E-state index in [1.165, 1.54) is 0 Å². The molecule has 0 saturated heterocycles. The Hall–Kier alpha value is -1.56. The SMILES string of the molecule is COCC(C)NC(N)=NCCc1ccnn1C. The van der Waals surface area contributed by atoms with Gasteiger partial charge in [-0.2, -0.15) is 5.10 Å². The number of hydrogen-bond acceptors (Lipinski definition) is 3. The van der Waals surface area contributed by atoms with Crippen molar-refractivity contribution in [1.29, 1.82) is 0 Å². The van der Waals surface area contributed by atoms with Crippen molar-refractivity contribution >= 4 is 5.96 Å². The molecule has 96 valence electrons. The van der Waals surface area contributed by atoms with Gasteiger partial charge in [-0.1, -0.05) is 0 Å². The van der Waals surface area contributed by atoms with Crippen LogP contribution in [0.4, 0.5) is 0 Å². The molecule has 6 nitrogen and oxygen atoms in total. The van der Waals surface area contributed by atoms with E-state index >= 15 is 0 Å². The van der Waals surface area contributed by atoms with Gasteiger partial charge in [0.25, 0.3) is 0 Å². The topological polar surface area (TPSA) is 77.5 Å². The van der Waals surface area contributed by atoms with Gasteiger partial charge >= 0.3 is 0 Å². The lowest BCUT2D eigenvalue weighted by molar-refractivity contribution is 0.179. The van der Waals surface area contributed by atoms with E-state index in [0.717, 1.165) is 12.1 Å². The van der Waals surface area contributed by atoms with E-state index < -0.39 is 0 Å². The second-order valence-corrected chi connectivity index (χ2v) is 3.96. The molecular weight excluding hydrogens is 218 g/mol. The third-order valence-electron chi connectivity index (χ3n) is 2.38. The summed E-state index contributed by atoms with van der Waals surface area (Å²) in [4.78, 5) is 4.25. The predicted molar refractivity (Wildman–Crippen MR) is 67.9 cm³/mol. The Balaban J connectivity index is 2.31. The van der Waals surface area contributed by atoms with E-state index in [1.807, 2.05) is 24.7 Å². The number of nitrogens with zero attached hydrogens (tertiary/aromatic N) is 3. The molecule has 1 rings (SSSR count). The average Bonchev–Trinajstić information content (AvgIpc) is 2.64. The van der Waals surface area contributed by atoms with Gasteiger partial charge in [0.05, 0.1) is 6.61 Å². The monoisotopic (exact) mass is 239 g/mol. The number of hydrogen-bond donors (Lipinski definition) is 2. The molecule has 0 saturated carbocycles. The number of methoxy groups -OCH3 is 1. The standard InChI is InChI=1S/C11H21N5O/c1-9(8-17-3)15-11(12)13-6-4-10-5-7-14-16(10)2/h5,7,9H,4,6,8H2,1-3H3,(H3,12,13,15). The lowest BCUT2D eigenvalue weighted by Gasteiger charge is -2.12. The number of guanidine groups is 1. The molecule has 0 bridgehead atoms. The van der Waals surface area contributed by atoms with Crippen LogP contribution in [0.25, 0.3) is 0 Å². The fraction of sp³-hybridized carbons (Fsp3) is 0.636. The van der Waals surface area contributed by atoms with Gasteiger partial charge in [0.15, 0.2) is 5.96 Å². The minimum atomic E-state index is 0.167.